The highest BCUT2D eigenvalue weighted by atomic mass is 16.4. The first-order chi connectivity index (χ1) is 10.7. The maximum atomic E-state index is 12.3. The van der Waals surface area contributed by atoms with Gasteiger partial charge in [-0.1, -0.05) is 37.6 Å². The van der Waals surface area contributed by atoms with Gasteiger partial charge < -0.3 is 8.83 Å². The standard InChI is InChI=1S/C19H16O3/c1-3-5-12-6-4-7-14-13(12)8-9-15-17(14)22-19(20)16-11(2)10-21-18(15)16/h4,6-10H,3,5H2,1-2H3. The Balaban J connectivity index is 2.21. The van der Waals surface area contributed by atoms with Crippen LogP contribution in [0.15, 0.2) is 50.2 Å². The van der Waals surface area contributed by atoms with Crippen LogP contribution in [0.25, 0.3) is 32.7 Å². The smallest absolute Gasteiger partial charge is 0.347 e. The molecule has 0 atom stereocenters. The van der Waals surface area contributed by atoms with E-state index in [2.05, 4.69) is 19.1 Å². The summed E-state index contributed by atoms with van der Waals surface area (Å²) in [7, 11) is 0. The number of rotatable bonds is 2. The largest absolute Gasteiger partial charge is 0.463 e. The van der Waals surface area contributed by atoms with Crippen molar-refractivity contribution in [2.24, 2.45) is 0 Å². The molecule has 4 aromatic rings. The Morgan fingerprint density at radius 2 is 1.82 bits per heavy atom. The second kappa shape index (κ2) is 4.73. The fourth-order valence-corrected chi connectivity index (χ4v) is 3.21. The molecule has 0 aliphatic rings. The average molecular weight is 292 g/mol. The summed E-state index contributed by atoms with van der Waals surface area (Å²) in [5.41, 5.74) is 2.99. The maximum Gasteiger partial charge on any atom is 0.347 e. The lowest BCUT2D eigenvalue weighted by atomic mass is 9.99. The number of benzene rings is 2. The van der Waals surface area contributed by atoms with Crippen molar-refractivity contribution in [3.8, 4) is 0 Å². The van der Waals surface area contributed by atoms with Crippen molar-refractivity contribution >= 4 is 32.7 Å². The van der Waals surface area contributed by atoms with E-state index in [1.54, 1.807) is 6.26 Å². The van der Waals surface area contributed by atoms with Gasteiger partial charge in [-0.25, -0.2) is 4.79 Å². The minimum absolute atomic E-state index is 0.331. The third kappa shape index (κ3) is 1.72. The second-order valence-corrected chi connectivity index (χ2v) is 5.72. The number of furan rings is 1. The van der Waals surface area contributed by atoms with Gasteiger partial charge in [-0.3, -0.25) is 0 Å². The molecule has 4 rings (SSSR count). The monoisotopic (exact) mass is 292 g/mol. The number of hydrogen-bond acceptors (Lipinski definition) is 3. The van der Waals surface area contributed by atoms with E-state index in [1.807, 2.05) is 25.1 Å². The molecule has 0 spiro atoms. The predicted molar refractivity (Wildman–Crippen MR) is 88.5 cm³/mol. The Kier molecular flexibility index (Phi) is 2.83. The van der Waals surface area contributed by atoms with Crippen molar-refractivity contribution in [3.63, 3.8) is 0 Å². The number of aryl methyl sites for hydroxylation is 2. The summed E-state index contributed by atoms with van der Waals surface area (Å²) in [4.78, 5) is 12.3. The first kappa shape index (κ1) is 13.1. The van der Waals surface area contributed by atoms with Gasteiger partial charge in [-0.2, -0.15) is 0 Å². The molecule has 0 radical (unpaired) electrons. The molecule has 0 saturated heterocycles. The number of fused-ring (bicyclic) bond motifs is 5. The van der Waals surface area contributed by atoms with E-state index in [0.29, 0.717) is 16.6 Å². The topological polar surface area (TPSA) is 43.4 Å². The molecular weight excluding hydrogens is 276 g/mol. The Morgan fingerprint density at radius 1 is 1.00 bits per heavy atom. The van der Waals surface area contributed by atoms with E-state index in [1.165, 1.54) is 5.56 Å². The maximum absolute atomic E-state index is 12.3. The van der Waals surface area contributed by atoms with Crippen LogP contribution in [0.2, 0.25) is 0 Å². The third-order valence-corrected chi connectivity index (χ3v) is 4.24. The predicted octanol–water partition coefficient (Wildman–Crippen LogP) is 4.95. The zero-order valence-corrected chi connectivity index (χ0v) is 12.6. The third-order valence-electron chi connectivity index (χ3n) is 4.24. The van der Waals surface area contributed by atoms with Gasteiger partial charge in [0.1, 0.15) is 11.0 Å². The van der Waals surface area contributed by atoms with Crippen molar-refractivity contribution in [2.45, 2.75) is 26.7 Å². The van der Waals surface area contributed by atoms with Gasteiger partial charge in [0.2, 0.25) is 0 Å². The molecule has 2 aromatic carbocycles. The molecule has 110 valence electrons. The van der Waals surface area contributed by atoms with Crippen LogP contribution in [0.1, 0.15) is 24.5 Å². The zero-order chi connectivity index (χ0) is 15.3. The van der Waals surface area contributed by atoms with Crippen molar-refractivity contribution in [1.29, 1.82) is 0 Å². The summed E-state index contributed by atoms with van der Waals surface area (Å²) in [5.74, 6) is 0. The molecule has 0 saturated carbocycles. The lowest BCUT2D eigenvalue weighted by molar-refractivity contribution is 0.567. The molecule has 3 nitrogen and oxygen atoms in total. The van der Waals surface area contributed by atoms with Crippen molar-refractivity contribution in [1.82, 2.24) is 0 Å². The van der Waals surface area contributed by atoms with Gasteiger partial charge in [-0.15, -0.1) is 0 Å². The van der Waals surface area contributed by atoms with Crippen LogP contribution in [0.5, 0.6) is 0 Å². The highest BCUT2D eigenvalue weighted by Gasteiger charge is 2.15. The lowest BCUT2D eigenvalue weighted by Crippen LogP contribution is -1.99. The van der Waals surface area contributed by atoms with Crippen LogP contribution in [-0.4, -0.2) is 0 Å². The van der Waals surface area contributed by atoms with Crippen LogP contribution in [-0.2, 0) is 6.42 Å². The molecule has 2 aromatic heterocycles. The van der Waals surface area contributed by atoms with Gasteiger partial charge in [0.15, 0.2) is 5.58 Å². The Bertz CT molecular complexity index is 1070. The van der Waals surface area contributed by atoms with Gasteiger partial charge in [0.05, 0.1) is 11.6 Å². The second-order valence-electron chi connectivity index (χ2n) is 5.72. The van der Waals surface area contributed by atoms with E-state index < -0.39 is 0 Å². The van der Waals surface area contributed by atoms with Crippen LogP contribution >= 0.6 is 0 Å². The first-order valence-corrected chi connectivity index (χ1v) is 7.56. The van der Waals surface area contributed by atoms with Crippen molar-refractivity contribution in [3.05, 3.63) is 58.1 Å². The van der Waals surface area contributed by atoms with Gasteiger partial charge in [-0.05, 0) is 30.4 Å². The molecule has 0 unspecified atom stereocenters. The number of hydrogen-bond donors (Lipinski definition) is 0. The zero-order valence-electron chi connectivity index (χ0n) is 12.6. The Hall–Kier alpha value is -2.55. The average Bonchev–Trinajstić information content (AvgIpc) is 2.91. The minimum atomic E-state index is -0.331. The molecule has 0 N–H and O–H groups in total. The summed E-state index contributed by atoms with van der Waals surface area (Å²) >= 11 is 0. The summed E-state index contributed by atoms with van der Waals surface area (Å²) in [6.07, 6.45) is 3.70. The molecule has 0 aliphatic carbocycles. The summed E-state index contributed by atoms with van der Waals surface area (Å²) < 4.78 is 11.3. The summed E-state index contributed by atoms with van der Waals surface area (Å²) in [5, 5.41) is 3.50. The molecular formula is C19H16O3. The fourth-order valence-electron chi connectivity index (χ4n) is 3.21. The molecule has 22 heavy (non-hydrogen) atoms. The highest BCUT2D eigenvalue weighted by Crippen LogP contribution is 2.32. The fraction of sp³-hybridized carbons (Fsp3) is 0.211. The van der Waals surface area contributed by atoms with Gasteiger partial charge in [0.25, 0.3) is 0 Å². The quantitative estimate of drug-likeness (QED) is 0.387. The molecule has 0 fully saturated rings. The molecule has 3 heteroatoms. The van der Waals surface area contributed by atoms with Crippen LogP contribution in [0.3, 0.4) is 0 Å². The van der Waals surface area contributed by atoms with E-state index in [9.17, 15) is 4.79 Å². The Labute approximate surface area is 127 Å². The van der Waals surface area contributed by atoms with Gasteiger partial charge in [0, 0.05) is 10.9 Å². The van der Waals surface area contributed by atoms with Crippen LogP contribution in [0.4, 0.5) is 0 Å². The lowest BCUT2D eigenvalue weighted by Gasteiger charge is -2.07. The normalized spacial score (nSPS) is 11.7. The summed E-state index contributed by atoms with van der Waals surface area (Å²) in [6, 6.07) is 10.2. The van der Waals surface area contributed by atoms with Crippen molar-refractivity contribution < 1.29 is 8.83 Å². The van der Waals surface area contributed by atoms with E-state index >= 15 is 0 Å². The van der Waals surface area contributed by atoms with Crippen molar-refractivity contribution in [2.75, 3.05) is 0 Å². The highest BCUT2D eigenvalue weighted by molar-refractivity contribution is 6.13. The minimum Gasteiger partial charge on any atom is -0.463 e. The Morgan fingerprint density at radius 3 is 2.64 bits per heavy atom. The van der Waals surface area contributed by atoms with Crippen LogP contribution < -0.4 is 5.63 Å². The SMILES string of the molecule is CCCc1cccc2c1ccc1c3occ(C)c3c(=O)oc21. The molecule has 2 heterocycles. The summed E-state index contributed by atoms with van der Waals surface area (Å²) in [6.45, 7) is 4.02. The van der Waals surface area contributed by atoms with E-state index in [-0.39, 0.29) is 5.63 Å². The first-order valence-electron chi connectivity index (χ1n) is 7.56. The molecule has 0 aliphatic heterocycles. The molecule has 0 bridgehead atoms. The molecule has 0 amide bonds. The van der Waals surface area contributed by atoms with E-state index in [4.69, 9.17) is 8.83 Å². The van der Waals surface area contributed by atoms with Crippen LogP contribution in [0, 0.1) is 6.92 Å². The van der Waals surface area contributed by atoms with Gasteiger partial charge >= 0.3 is 5.63 Å². The van der Waals surface area contributed by atoms with E-state index in [0.717, 1.165) is 34.6 Å².